The average molecular weight is 501 g/mol. The first kappa shape index (κ1) is 25.6. The number of morpholine rings is 1. The Balaban J connectivity index is 1.26. The molecule has 3 heterocycles. The zero-order chi connectivity index (χ0) is 25.4. The number of benzene rings is 1. The van der Waals surface area contributed by atoms with E-state index in [2.05, 4.69) is 30.7 Å². The maximum atomic E-state index is 13.1. The van der Waals surface area contributed by atoms with E-state index in [1.807, 2.05) is 12.1 Å². The Morgan fingerprint density at radius 1 is 1.06 bits per heavy atom. The van der Waals surface area contributed by atoms with Gasteiger partial charge in [-0.1, -0.05) is 17.3 Å². The molecule has 11 heteroatoms. The number of nitrogens with one attached hydrogen (secondary N) is 2. The number of anilines is 2. The van der Waals surface area contributed by atoms with Crippen LogP contribution in [0, 0.1) is 0 Å². The van der Waals surface area contributed by atoms with Gasteiger partial charge in [-0.05, 0) is 37.6 Å². The molecule has 2 aromatic heterocycles. The Kier molecular flexibility index (Phi) is 8.55. The minimum atomic E-state index is -1.43. The minimum Gasteiger partial charge on any atom is -0.379 e. The van der Waals surface area contributed by atoms with Crippen LogP contribution in [-0.4, -0.2) is 72.3 Å². The number of rotatable bonds is 10. The van der Waals surface area contributed by atoms with Crippen LogP contribution in [0.25, 0.3) is 11.1 Å². The summed E-state index contributed by atoms with van der Waals surface area (Å²) in [5.41, 5.74) is 0.919. The molecule has 0 atom stereocenters. The van der Waals surface area contributed by atoms with Crippen LogP contribution in [0.3, 0.4) is 0 Å². The van der Waals surface area contributed by atoms with Crippen LogP contribution >= 0.6 is 0 Å². The maximum Gasteiger partial charge on any atom is 0.324 e. The molecule has 1 aromatic carbocycles. The van der Waals surface area contributed by atoms with Gasteiger partial charge in [0.15, 0.2) is 5.82 Å². The first-order chi connectivity index (χ1) is 17.5. The van der Waals surface area contributed by atoms with Gasteiger partial charge >= 0.3 is 6.03 Å². The molecule has 1 aliphatic heterocycles. The van der Waals surface area contributed by atoms with Crippen LogP contribution in [0.1, 0.15) is 24.9 Å². The molecule has 0 bridgehead atoms. The standard InChI is InChI=1S/C25H30F2N6O3/c1-25(16-26,17-27)21-13-23(32-36-21)31-24(34)30-20-6-4-18(5-7-20)19-14-28-22(29-15-19)3-2-8-33-9-11-35-12-10-33/h4-7,13-15H,2-3,8-12,16-17H2,1H3,(H2,30,31,32,34). The van der Waals surface area contributed by atoms with Crippen molar-refractivity contribution in [3.63, 3.8) is 0 Å². The summed E-state index contributed by atoms with van der Waals surface area (Å²) in [5.74, 6) is 0.906. The molecule has 192 valence electrons. The number of alkyl halides is 2. The van der Waals surface area contributed by atoms with Crippen LogP contribution in [0.15, 0.2) is 47.2 Å². The fourth-order valence-corrected chi connectivity index (χ4v) is 3.73. The van der Waals surface area contributed by atoms with E-state index in [9.17, 15) is 13.6 Å². The van der Waals surface area contributed by atoms with Gasteiger partial charge in [-0.2, -0.15) is 0 Å². The van der Waals surface area contributed by atoms with E-state index in [0.29, 0.717) is 5.69 Å². The quantitative estimate of drug-likeness (QED) is 0.429. The fraction of sp³-hybridized carbons (Fsp3) is 0.440. The van der Waals surface area contributed by atoms with Crippen molar-refractivity contribution in [3.05, 3.63) is 54.3 Å². The van der Waals surface area contributed by atoms with Crippen molar-refractivity contribution >= 4 is 17.5 Å². The molecule has 9 nitrogen and oxygen atoms in total. The molecule has 2 amide bonds. The number of amides is 2. The van der Waals surface area contributed by atoms with Crippen molar-refractivity contribution in [3.8, 4) is 11.1 Å². The zero-order valence-electron chi connectivity index (χ0n) is 20.2. The SMILES string of the molecule is CC(CF)(CF)c1cc(NC(=O)Nc2ccc(-c3cnc(CCCN4CCOCC4)nc3)cc2)no1. The normalized spacial score (nSPS) is 14.5. The summed E-state index contributed by atoms with van der Waals surface area (Å²) in [6.45, 7) is 4.07. The monoisotopic (exact) mass is 500 g/mol. The van der Waals surface area contributed by atoms with Crippen molar-refractivity contribution in [1.82, 2.24) is 20.0 Å². The molecule has 1 saturated heterocycles. The molecule has 0 aliphatic carbocycles. The van der Waals surface area contributed by atoms with Gasteiger partial charge in [0, 0.05) is 49.2 Å². The summed E-state index contributed by atoms with van der Waals surface area (Å²) in [5, 5.41) is 8.83. The van der Waals surface area contributed by atoms with Crippen molar-refractivity contribution in [2.75, 3.05) is 56.8 Å². The van der Waals surface area contributed by atoms with Crippen LogP contribution in [-0.2, 0) is 16.6 Å². The zero-order valence-corrected chi connectivity index (χ0v) is 20.2. The number of ether oxygens (including phenoxy) is 1. The second-order valence-corrected chi connectivity index (χ2v) is 9.01. The number of hydrogen-bond acceptors (Lipinski definition) is 7. The molecule has 1 aliphatic rings. The summed E-state index contributed by atoms with van der Waals surface area (Å²) in [6, 6.07) is 7.97. The van der Waals surface area contributed by atoms with Crippen molar-refractivity contribution in [2.24, 2.45) is 0 Å². The number of nitrogens with zero attached hydrogens (tertiary/aromatic N) is 4. The average Bonchev–Trinajstić information content (AvgIpc) is 3.38. The molecule has 3 aromatic rings. The molecular weight excluding hydrogens is 470 g/mol. The van der Waals surface area contributed by atoms with Gasteiger partial charge in [0.1, 0.15) is 24.9 Å². The molecule has 2 N–H and O–H groups in total. The number of aryl methyl sites for hydroxylation is 1. The summed E-state index contributed by atoms with van der Waals surface area (Å²) in [6.07, 6.45) is 5.43. The van der Waals surface area contributed by atoms with Gasteiger partial charge in [-0.15, -0.1) is 0 Å². The lowest BCUT2D eigenvalue weighted by atomic mass is 9.91. The van der Waals surface area contributed by atoms with Gasteiger partial charge in [-0.25, -0.2) is 23.5 Å². The lowest BCUT2D eigenvalue weighted by Gasteiger charge is -2.26. The molecular formula is C25H30F2N6O3. The van der Waals surface area contributed by atoms with E-state index >= 15 is 0 Å². The van der Waals surface area contributed by atoms with Crippen molar-refractivity contribution < 1.29 is 22.8 Å². The Morgan fingerprint density at radius 3 is 2.42 bits per heavy atom. The summed E-state index contributed by atoms with van der Waals surface area (Å²) in [4.78, 5) is 23.7. The molecule has 0 unspecified atom stereocenters. The predicted molar refractivity (Wildman–Crippen MR) is 131 cm³/mol. The fourth-order valence-electron chi connectivity index (χ4n) is 3.73. The Bertz CT molecular complexity index is 1110. The third-order valence-electron chi connectivity index (χ3n) is 6.10. The van der Waals surface area contributed by atoms with Crippen LogP contribution < -0.4 is 10.6 Å². The Hall–Kier alpha value is -3.44. The highest BCUT2D eigenvalue weighted by molar-refractivity contribution is 5.99. The Labute approximate surface area is 208 Å². The molecule has 1 fully saturated rings. The highest BCUT2D eigenvalue weighted by Gasteiger charge is 2.32. The Morgan fingerprint density at radius 2 is 1.75 bits per heavy atom. The third kappa shape index (κ3) is 6.61. The number of carbonyl (C=O) groups is 1. The third-order valence-corrected chi connectivity index (χ3v) is 6.10. The second kappa shape index (κ2) is 12.0. The first-order valence-corrected chi connectivity index (χ1v) is 11.9. The van der Waals surface area contributed by atoms with Crippen LogP contribution in [0.4, 0.5) is 25.1 Å². The van der Waals surface area contributed by atoms with Gasteiger partial charge in [0.05, 0.1) is 18.6 Å². The van der Waals surface area contributed by atoms with E-state index in [4.69, 9.17) is 9.26 Å². The van der Waals surface area contributed by atoms with E-state index in [0.717, 1.165) is 62.6 Å². The highest BCUT2D eigenvalue weighted by Crippen LogP contribution is 2.27. The summed E-state index contributed by atoms with van der Waals surface area (Å²) < 4.78 is 36.6. The van der Waals surface area contributed by atoms with E-state index in [1.165, 1.54) is 13.0 Å². The topological polar surface area (TPSA) is 105 Å². The van der Waals surface area contributed by atoms with Crippen LogP contribution in [0.2, 0.25) is 0 Å². The molecule has 0 radical (unpaired) electrons. The number of urea groups is 1. The van der Waals surface area contributed by atoms with E-state index in [1.54, 1.807) is 24.5 Å². The van der Waals surface area contributed by atoms with Gasteiger partial charge in [-0.3, -0.25) is 10.2 Å². The van der Waals surface area contributed by atoms with E-state index < -0.39 is 24.8 Å². The molecule has 36 heavy (non-hydrogen) atoms. The number of hydrogen-bond donors (Lipinski definition) is 2. The smallest absolute Gasteiger partial charge is 0.324 e. The lowest BCUT2D eigenvalue weighted by molar-refractivity contribution is 0.0374. The number of carbonyl (C=O) groups excluding carboxylic acids is 1. The minimum absolute atomic E-state index is 0.0255. The van der Waals surface area contributed by atoms with Gasteiger partial charge in [0.2, 0.25) is 0 Å². The molecule has 4 rings (SSSR count). The largest absolute Gasteiger partial charge is 0.379 e. The first-order valence-electron chi connectivity index (χ1n) is 11.9. The van der Waals surface area contributed by atoms with Crippen molar-refractivity contribution in [1.29, 1.82) is 0 Å². The number of aromatic nitrogens is 3. The van der Waals surface area contributed by atoms with Gasteiger partial charge < -0.3 is 14.6 Å². The lowest BCUT2D eigenvalue weighted by Crippen LogP contribution is -2.37. The predicted octanol–water partition coefficient (Wildman–Crippen LogP) is 4.24. The highest BCUT2D eigenvalue weighted by atomic mass is 19.1. The summed E-state index contributed by atoms with van der Waals surface area (Å²) in [7, 11) is 0. The van der Waals surface area contributed by atoms with Crippen molar-refractivity contribution in [2.45, 2.75) is 25.2 Å². The van der Waals surface area contributed by atoms with E-state index in [-0.39, 0.29) is 11.6 Å². The maximum absolute atomic E-state index is 13.1. The van der Waals surface area contributed by atoms with Crippen LogP contribution in [0.5, 0.6) is 0 Å². The second-order valence-electron chi connectivity index (χ2n) is 9.01. The number of halogens is 2. The summed E-state index contributed by atoms with van der Waals surface area (Å²) >= 11 is 0. The molecule has 0 spiro atoms. The molecule has 0 saturated carbocycles. The van der Waals surface area contributed by atoms with Gasteiger partial charge in [0.25, 0.3) is 0 Å².